The van der Waals surface area contributed by atoms with Crippen LogP contribution in [0.3, 0.4) is 0 Å². The van der Waals surface area contributed by atoms with E-state index >= 15 is 0 Å². The van der Waals surface area contributed by atoms with Crippen LogP contribution >= 0.6 is 11.8 Å². The van der Waals surface area contributed by atoms with Crippen molar-refractivity contribution >= 4 is 17.7 Å². The molecular weight excluding hydrogens is 332 g/mol. The molecule has 1 N–H and O–H groups in total. The summed E-state index contributed by atoms with van der Waals surface area (Å²) in [4.78, 5) is 12.4. The summed E-state index contributed by atoms with van der Waals surface area (Å²) >= 11 is 1.44. The highest BCUT2D eigenvalue weighted by atomic mass is 32.2. The van der Waals surface area contributed by atoms with Gasteiger partial charge in [0.15, 0.2) is 5.16 Å². The van der Waals surface area contributed by atoms with Crippen LogP contribution in [0.15, 0.2) is 35.5 Å². The molecule has 6 heteroatoms. The van der Waals surface area contributed by atoms with Gasteiger partial charge in [0.25, 0.3) is 0 Å². The lowest BCUT2D eigenvalue weighted by Gasteiger charge is -2.34. The number of hydrogen-bond acceptors (Lipinski definition) is 4. The van der Waals surface area contributed by atoms with Gasteiger partial charge in [0.05, 0.1) is 5.75 Å². The Labute approximate surface area is 153 Å². The zero-order valence-corrected chi connectivity index (χ0v) is 15.9. The van der Waals surface area contributed by atoms with Crippen molar-refractivity contribution in [2.45, 2.75) is 51.2 Å². The maximum atomic E-state index is 12.4. The van der Waals surface area contributed by atoms with Gasteiger partial charge in [-0.05, 0) is 37.3 Å². The van der Waals surface area contributed by atoms with Gasteiger partial charge in [-0.15, -0.1) is 10.2 Å². The number of thioether (sulfide) groups is 1. The molecule has 1 amide bonds. The average molecular weight is 359 g/mol. The van der Waals surface area contributed by atoms with Crippen molar-refractivity contribution in [3.8, 4) is 5.69 Å². The van der Waals surface area contributed by atoms with Crippen molar-refractivity contribution in [3.05, 3.63) is 36.2 Å². The molecule has 0 bridgehead atoms. The first-order chi connectivity index (χ1) is 12.1. The Hall–Kier alpha value is -1.82. The molecule has 0 aliphatic heterocycles. The number of aryl methyl sites for hydroxylation is 1. The third kappa shape index (κ3) is 4.24. The molecule has 1 heterocycles. The van der Waals surface area contributed by atoms with Gasteiger partial charge in [-0.25, -0.2) is 0 Å². The van der Waals surface area contributed by atoms with E-state index in [2.05, 4.69) is 29.4 Å². The number of amides is 1. The van der Waals surface area contributed by atoms with Gasteiger partial charge in [-0.2, -0.15) is 0 Å². The molecule has 0 radical (unpaired) electrons. The smallest absolute Gasteiger partial charge is 0.230 e. The molecule has 1 fully saturated rings. The molecule has 1 aromatic carbocycles. The molecule has 0 spiro atoms. The van der Waals surface area contributed by atoms with Crippen molar-refractivity contribution in [2.24, 2.45) is 11.8 Å². The Morgan fingerprint density at radius 2 is 2.00 bits per heavy atom. The van der Waals surface area contributed by atoms with Crippen LogP contribution in [0.25, 0.3) is 5.69 Å². The van der Waals surface area contributed by atoms with Crippen molar-refractivity contribution in [1.29, 1.82) is 0 Å². The summed E-state index contributed by atoms with van der Waals surface area (Å²) in [6.07, 6.45) is 3.55. The van der Waals surface area contributed by atoms with Gasteiger partial charge in [0.1, 0.15) is 5.82 Å². The SMILES string of the molecule is Cc1nnc(SCC(=O)N[C@@H]2CCC[C@@H](C)[C@H]2C)n1-c1ccccc1. The number of rotatable bonds is 5. The number of hydrogen-bond donors (Lipinski definition) is 1. The van der Waals surface area contributed by atoms with Gasteiger partial charge < -0.3 is 5.32 Å². The van der Waals surface area contributed by atoms with Crippen LogP contribution in [0.5, 0.6) is 0 Å². The standard InChI is InChI=1S/C19H26N4OS/c1-13-8-7-11-17(14(13)2)20-18(24)12-25-19-22-21-15(3)23(19)16-9-5-4-6-10-16/h4-6,9-10,13-14,17H,7-8,11-12H2,1-3H3,(H,20,24)/t13-,14-,17-/m1/s1. The number of nitrogens with one attached hydrogen (secondary N) is 1. The molecular formula is C19H26N4OS. The number of aromatic nitrogens is 3. The van der Waals surface area contributed by atoms with Crippen molar-refractivity contribution in [3.63, 3.8) is 0 Å². The highest BCUT2D eigenvalue weighted by Gasteiger charge is 2.28. The van der Waals surface area contributed by atoms with E-state index in [4.69, 9.17) is 0 Å². The fourth-order valence-corrected chi connectivity index (χ4v) is 4.28. The van der Waals surface area contributed by atoms with Crippen molar-refractivity contribution in [1.82, 2.24) is 20.1 Å². The van der Waals surface area contributed by atoms with Crippen molar-refractivity contribution in [2.75, 3.05) is 5.75 Å². The van der Waals surface area contributed by atoms with Gasteiger partial charge in [0, 0.05) is 11.7 Å². The minimum atomic E-state index is 0.0798. The van der Waals surface area contributed by atoms with Crippen LogP contribution in [-0.2, 0) is 4.79 Å². The van der Waals surface area contributed by atoms with Crippen LogP contribution in [0, 0.1) is 18.8 Å². The van der Waals surface area contributed by atoms with E-state index in [1.807, 2.05) is 41.8 Å². The molecule has 0 unspecified atom stereocenters. The normalized spacial score (nSPS) is 23.4. The second kappa shape index (κ2) is 8.04. The second-order valence-corrected chi connectivity index (χ2v) is 7.87. The highest BCUT2D eigenvalue weighted by Crippen LogP contribution is 2.29. The Kier molecular flexibility index (Phi) is 5.78. The predicted molar refractivity (Wildman–Crippen MR) is 101 cm³/mol. The zero-order valence-electron chi connectivity index (χ0n) is 15.1. The molecule has 3 atom stereocenters. The molecule has 25 heavy (non-hydrogen) atoms. The molecule has 134 valence electrons. The average Bonchev–Trinajstić information content (AvgIpc) is 2.98. The number of para-hydroxylation sites is 1. The number of nitrogens with zero attached hydrogens (tertiary/aromatic N) is 3. The lowest BCUT2D eigenvalue weighted by atomic mass is 9.78. The highest BCUT2D eigenvalue weighted by molar-refractivity contribution is 7.99. The van der Waals surface area contributed by atoms with E-state index in [0.717, 1.165) is 23.1 Å². The Bertz CT molecular complexity index is 715. The summed E-state index contributed by atoms with van der Waals surface area (Å²) in [6, 6.07) is 10.3. The van der Waals surface area contributed by atoms with E-state index in [9.17, 15) is 4.79 Å². The minimum absolute atomic E-state index is 0.0798. The molecule has 1 saturated carbocycles. The van der Waals surface area contributed by atoms with E-state index in [-0.39, 0.29) is 5.91 Å². The molecule has 0 saturated heterocycles. The fraction of sp³-hybridized carbons (Fsp3) is 0.526. The summed E-state index contributed by atoms with van der Waals surface area (Å²) in [6.45, 7) is 6.45. The monoisotopic (exact) mass is 358 g/mol. The topological polar surface area (TPSA) is 59.8 Å². The Morgan fingerprint density at radius 3 is 2.76 bits per heavy atom. The Morgan fingerprint density at radius 1 is 1.24 bits per heavy atom. The first-order valence-corrected chi connectivity index (χ1v) is 9.94. The first kappa shape index (κ1) is 18.0. The van der Waals surface area contributed by atoms with Crippen LogP contribution in [0.1, 0.15) is 38.9 Å². The number of carbonyl (C=O) groups excluding carboxylic acids is 1. The summed E-state index contributed by atoms with van der Waals surface area (Å²) in [7, 11) is 0. The first-order valence-electron chi connectivity index (χ1n) is 8.96. The van der Waals surface area contributed by atoms with Crippen LogP contribution in [0.4, 0.5) is 0 Å². The molecule has 1 aliphatic carbocycles. The summed E-state index contributed by atoms with van der Waals surface area (Å²) in [5, 5.41) is 12.4. The largest absolute Gasteiger partial charge is 0.352 e. The maximum absolute atomic E-state index is 12.4. The quantitative estimate of drug-likeness (QED) is 0.830. The number of benzene rings is 1. The third-order valence-electron chi connectivity index (χ3n) is 5.20. The second-order valence-electron chi connectivity index (χ2n) is 6.93. The van der Waals surface area contributed by atoms with Gasteiger partial charge >= 0.3 is 0 Å². The molecule has 1 aromatic heterocycles. The summed E-state index contributed by atoms with van der Waals surface area (Å²) < 4.78 is 1.99. The van der Waals surface area contributed by atoms with E-state index < -0.39 is 0 Å². The molecule has 1 aliphatic rings. The van der Waals surface area contributed by atoms with E-state index in [1.54, 1.807) is 0 Å². The van der Waals surface area contributed by atoms with E-state index in [1.165, 1.54) is 24.6 Å². The lowest BCUT2D eigenvalue weighted by Crippen LogP contribution is -2.44. The van der Waals surface area contributed by atoms with Crippen LogP contribution in [0.2, 0.25) is 0 Å². The van der Waals surface area contributed by atoms with Crippen LogP contribution in [-0.4, -0.2) is 32.5 Å². The van der Waals surface area contributed by atoms with Gasteiger partial charge in [0.2, 0.25) is 5.91 Å². The molecule has 2 aromatic rings. The van der Waals surface area contributed by atoms with E-state index in [0.29, 0.717) is 23.6 Å². The fourth-order valence-electron chi connectivity index (χ4n) is 3.48. The van der Waals surface area contributed by atoms with Gasteiger partial charge in [-0.3, -0.25) is 9.36 Å². The summed E-state index contributed by atoms with van der Waals surface area (Å²) in [5.74, 6) is 2.48. The zero-order chi connectivity index (χ0) is 17.8. The molecule has 3 rings (SSSR count). The Balaban J connectivity index is 1.62. The predicted octanol–water partition coefficient (Wildman–Crippen LogP) is 3.61. The minimum Gasteiger partial charge on any atom is -0.352 e. The van der Waals surface area contributed by atoms with Crippen molar-refractivity contribution < 1.29 is 4.79 Å². The lowest BCUT2D eigenvalue weighted by molar-refractivity contribution is -0.120. The van der Waals surface area contributed by atoms with Crippen LogP contribution < -0.4 is 5.32 Å². The molecule has 5 nitrogen and oxygen atoms in total. The summed E-state index contributed by atoms with van der Waals surface area (Å²) in [5.41, 5.74) is 1.02. The maximum Gasteiger partial charge on any atom is 0.230 e. The third-order valence-corrected chi connectivity index (χ3v) is 6.12. The van der Waals surface area contributed by atoms with Gasteiger partial charge in [-0.1, -0.05) is 56.7 Å². The number of carbonyl (C=O) groups is 1.